The highest BCUT2D eigenvalue weighted by molar-refractivity contribution is 9.10. The molecular weight excluding hydrogens is 504 g/mol. The minimum atomic E-state index is -0.00788. The van der Waals surface area contributed by atoms with Gasteiger partial charge in [0.1, 0.15) is 13.3 Å². The summed E-state index contributed by atoms with van der Waals surface area (Å²) in [6.07, 6.45) is 1.87. The van der Waals surface area contributed by atoms with Crippen LogP contribution in [0.5, 0.6) is 11.5 Å². The lowest BCUT2D eigenvalue weighted by Gasteiger charge is -2.41. The van der Waals surface area contributed by atoms with Gasteiger partial charge in [0.05, 0.1) is 12.6 Å². The number of aliphatic hydroxyl groups excluding tert-OH is 1. The van der Waals surface area contributed by atoms with Gasteiger partial charge in [0.25, 0.3) is 0 Å². The largest absolute Gasteiger partial charge is 0.493 e. The molecule has 35 heavy (non-hydrogen) atoms. The Hall–Kier alpha value is -2.80. The summed E-state index contributed by atoms with van der Waals surface area (Å²) in [5.74, 6) is 1.58. The highest BCUT2D eigenvalue weighted by atomic mass is 79.9. The van der Waals surface area contributed by atoms with E-state index in [0.29, 0.717) is 6.61 Å². The summed E-state index contributed by atoms with van der Waals surface area (Å²) in [5.41, 5.74) is 7.42. The van der Waals surface area contributed by atoms with E-state index in [9.17, 15) is 5.11 Å². The molecule has 0 amide bonds. The number of aromatic nitrogens is 1. The molecule has 3 aromatic carbocycles. The van der Waals surface area contributed by atoms with Crippen molar-refractivity contribution in [3.8, 4) is 11.5 Å². The van der Waals surface area contributed by atoms with E-state index in [1.54, 1.807) is 7.11 Å². The number of fused-ring (bicyclic) bond motifs is 6. The first-order chi connectivity index (χ1) is 16.7. The number of benzene rings is 3. The maximum Gasteiger partial charge on any atom is 0.162 e. The molecule has 4 aromatic rings. The lowest BCUT2D eigenvalue weighted by Crippen LogP contribution is -2.39. The van der Waals surface area contributed by atoms with Crippen LogP contribution >= 0.6 is 15.9 Å². The fraction of sp³-hybridized carbons (Fsp3) is 0.310. The van der Waals surface area contributed by atoms with Crippen molar-refractivity contribution in [2.75, 3.05) is 13.7 Å². The van der Waals surface area contributed by atoms with Crippen LogP contribution in [0.15, 0.2) is 65.1 Å². The maximum atomic E-state index is 10.2. The van der Waals surface area contributed by atoms with Crippen molar-refractivity contribution in [3.05, 3.63) is 93.1 Å². The van der Waals surface area contributed by atoms with Gasteiger partial charge < -0.3 is 19.1 Å². The van der Waals surface area contributed by atoms with Crippen molar-refractivity contribution in [2.45, 2.75) is 46.2 Å². The Morgan fingerprint density at radius 3 is 2.66 bits per heavy atom. The Kier molecular flexibility index (Phi) is 6.62. The highest BCUT2D eigenvalue weighted by Crippen LogP contribution is 2.45. The van der Waals surface area contributed by atoms with Crippen molar-refractivity contribution >= 4 is 26.8 Å². The number of nitrogens with zero attached hydrogens (tertiary/aromatic N) is 2. The third-order valence-corrected chi connectivity index (χ3v) is 7.94. The molecule has 0 aliphatic carbocycles. The van der Waals surface area contributed by atoms with Gasteiger partial charge in [0.2, 0.25) is 0 Å². The van der Waals surface area contributed by atoms with E-state index in [1.165, 1.54) is 27.8 Å². The van der Waals surface area contributed by atoms with Gasteiger partial charge in [-0.25, -0.2) is 0 Å². The summed E-state index contributed by atoms with van der Waals surface area (Å²) in [7, 11) is 1.71. The number of halogens is 1. The Morgan fingerprint density at radius 2 is 1.89 bits per heavy atom. The summed E-state index contributed by atoms with van der Waals surface area (Å²) >= 11 is 3.77. The zero-order valence-electron chi connectivity index (χ0n) is 19.1. The van der Waals surface area contributed by atoms with E-state index in [4.69, 9.17) is 9.47 Å². The van der Waals surface area contributed by atoms with Crippen molar-refractivity contribution < 1.29 is 14.6 Å². The van der Waals surface area contributed by atoms with Crippen LogP contribution in [0.25, 0.3) is 10.9 Å². The molecule has 3 heterocycles. The van der Waals surface area contributed by atoms with Gasteiger partial charge in [-0.15, -0.1) is 0 Å². The Labute approximate surface area is 215 Å². The van der Waals surface area contributed by atoms with Gasteiger partial charge in [-0.3, -0.25) is 4.90 Å². The summed E-state index contributed by atoms with van der Waals surface area (Å²) in [6.45, 7) is 2.31. The van der Waals surface area contributed by atoms with Crippen LogP contribution in [-0.4, -0.2) is 28.2 Å². The zero-order chi connectivity index (χ0) is 23.2. The second kappa shape index (κ2) is 9.69. The lowest BCUT2D eigenvalue weighted by atomic mass is 9.85. The predicted molar refractivity (Wildman–Crippen MR) is 143 cm³/mol. The van der Waals surface area contributed by atoms with Crippen LogP contribution in [0, 0.1) is 0 Å². The third kappa shape index (κ3) is 4.03. The highest BCUT2D eigenvalue weighted by Gasteiger charge is 2.36. The Balaban J connectivity index is 0.00000253. The van der Waals surface area contributed by atoms with E-state index < -0.39 is 0 Å². The van der Waals surface area contributed by atoms with E-state index in [2.05, 4.69) is 61.8 Å². The van der Waals surface area contributed by atoms with Gasteiger partial charge in [-0.05, 0) is 59.4 Å². The molecule has 6 rings (SSSR count). The molecule has 1 N–H and O–H groups in total. The fourth-order valence-electron chi connectivity index (χ4n) is 5.63. The molecule has 0 spiro atoms. The van der Waals surface area contributed by atoms with Crippen molar-refractivity contribution in [1.29, 1.82) is 0 Å². The molecule has 5 nitrogen and oxygen atoms in total. The zero-order valence-corrected chi connectivity index (χ0v) is 20.7. The molecule has 1 unspecified atom stereocenters. The minimum Gasteiger partial charge on any atom is -0.493 e. The van der Waals surface area contributed by atoms with Gasteiger partial charge in [-0.2, -0.15) is 0 Å². The molecule has 0 radical (unpaired) electrons. The predicted octanol–water partition coefficient (Wildman–Crippen LogP) is 6.23. The first kappa shape index (κ1) is 23.9. The topological polar surface area (TPSA) is 46.9 Å². The first-order valence-electron chi connectivity index (χ1n) is 11.7. The second-order valence-corrected chi connectivity index (χ2v) is 9.90. The Morgan fingerprint density at radius 1 is 1.06 bits per heavy atom. The van der Waals surface area contributed by atoms with Crippen molar-refractivity contribution in [3.63, 3.8) is 0 Å². The SMILES string of the molecule is C.COc1cc2c(cc1OCc1ccccc1)C1Cc3c(n(CO)c4cccc(Br)c34)CN1CC2. The van der Waals surface area contributed by atoms with E-state index >= 15 is 0 Å². The third-order valence-electron chi connectivity index (χ3n) is 7.28. The number of hydrogen-bond donors (Lipinski definition) is 1. The monoisotopic (exact) mass is 534 g/mol. The molecule has 0 saturated heterocycles. The lowest BCUT2D eigenvalue weighted by molar-refractivity contribution is 0.145. The number of aliphatic hydroxyl groups is 1. The molecule has 6 heteroatoms. The molecule has 1 atom stereocenters. The maximum absolute atomic E-state index is 10.2. The van der Waals surface area contributed by atoms with Gasteiger partial charge >= 0.3 is 0 Å². The van der Waals surface area contributed by atoms with Crippen LogP contribution in [0.2, 0.25) is 0 Å². The molecule has 2 aliphatic heterocycles. The van der Waals surface area contributed by atoms with Crippen LogP contribution in [0.3, 0.4) is 0 Å². The fourth-order valence-corrected chi connectivity index (χ4v) is 6.23. The van der Waals surface area contributed by atoms with Crippen LogP contribution < -0.4 is 9.47 Å². The Bertz CT molecular complexity index is 1370. The minimum absolute atomic E-state index is 0. The standard InChI is InChI=1S/C28H27BrN2O3.CH4/c1-33-26-12-19-10-11-30-15-25-21(28-22(29)8-5-9-23(28)31(25)17-32)13-24(30)20(19)14-27(26)34-16-18-6-3-2-4-7-18;/h2-9,12,14,24,32H,10-11,13,15-17H2,1H3;1H4. The van der Waals surface area contributed by atoms with Gasteiger partial charge in [0, 0.05) is 34.7 Å². The van der Waals surface area contributed by atoms with Crippen LogP contribution in [0.1, 0.15) is 41.4 Å². The van der Waals surface area contributed by atoms with Crippen molar-refractivity contribution in [2.24, 2.45) is 0 Å². The summed E-state index contributed by atoms with van der Waals surface area (Å²) in [6, 6.07) is 21.1. The number of hydrogen-bond acceptors (Lipinski definition) is 4. The number of methoxy groups -OCH3 is 1. The van der Waals surface area contributed by atoms with Gasteiger partial charge in [-0.1, -0.05) is 59.8 Å². The average Bonchev–Trinajstić information content (AvgIpc) is 3.19. The van der Waals surface area contributed by atoms with Gasteiger partial charge in [0.15, 0.2) is 11.5 Å². The normalized spacial score (nSPS) is 16.7. The first-order valence-corrected chi connectivity index (χ1v) is 12.5. The number of rotatable bonds is 5. The molecule has 0 bridgehead atoms. The molecule has 0 fully saturated rings. The van der Waals surface area contributed by atoms with Crippen molar-refractivity contribution in [1.82, 2.24) is 9.47 Å². The van der Waals surface area contributed by atoms with Crippen LogP contribution in [0.4, 0.5) is 0 Å². The smallest absolute Gasteiger partial charge is 0.162 e. The van der Waals surface area contributed by atoms with E-state index in [0.717, 1.165) is 53.0 Å². The summed E-state index contributed by atoms with van der Waals surface area (Å²) in [5, 5.41) is 11.4. The quantitative estimate of drug-likeness (QED) is 0.329. The molecular formula is C29H31BrN2O3. The molecule has 182 valence electrons. The van der Waals surface area contributed by atoms with E-state index in [1.807, 2.05) is 24.3 Å². The molecule has 2 aliphatic rings. The molecule has 0 saturated carbocycles. The summed E-state index contributed by atoms with van der Waals surface area (Å²) < 4.78 is 15.1. The number of ether oxygens (including phenoxy) is 2. The second-order valence-electron chi connectivity index (χ2n) is 9.05. The van der Waals surface area contributed by atoms with E-state index in [-0.39, 0.29) is 20.2 Å². The average molecular weight is 535 g/mol. The molecule has 1 aromatic heterocycles. The van der Waals surface area contributed by atoms with Crippen LogP contribution in [-0.2, 0) is 32.7 Å². The summed E-state index contributed by atoms with van der Waals surface area (Å²) in [4.78, 5) is 2.54.